The fourth-order valence-corrected chi connectivity index (χ4v) is 3.15. The Morgan fingerprint density at radius 3 is 2.25 bits per heavy atom. The predicted octanol–water partition coefficient (Wildman–Crippen LogP) is 0.535. The molecule has 0 unspecified atom stereocenters. The molecule has 0 radical (unpaired) electrons. The summed E-state index contributed by atoms with van der Waals surface area (Å²) in [5.74, 6) is 0.221. The number of nitrogens with zero attached hydrogens (tertiary/aromatic N) is 4. The van der Waals surface area contributed by atoms with Crippen LogP contribution in [0.3, 0.4) is 0 Å². The van der Waals surface area contributed by atoms with E-state index in [2.05, 4.69) is 15.9 Å². The minimum atomic E-state index is 0.221. The van der Waals surface area contributed by atoms with Gasteiger partial charge in [0.25, 0.3) is 0 Å². The van der Waals surface area contributed by atoms with Crippen LogP contribution in [0.15, 0.2) is 24.3 Å². The molecule has 2 aliphatic heterocycles. The zero-order valence-corrected chi connectivity index (χ0v) is 14.0. The highest BCUT2D eigenvalue weighted by Gasteiger charge is 2.22. The van der Waals surface area contributed by atoms with Gasteiger partial charge in [-0.3, -0.25) is 14.6 Å². The van der Waals surface area contributed by atoms with Crippen molar-refractivity contribution in [3.8, 4) is 6.07 Å². The van der Waals surface area contributed by atoms with Gasteiger partial charge in [0, 0.05) is 45.8 Å². The Labute approximate surface area is 143 Å². The average Bonchev–Trinajstić information content (AvgIpc) is 2.65. The Balaban J connectivity index is 1.42. The maximum absolute atomic E-state index is 12.3. The van der Waals surface area contributed by atoms with Gasteiger partial charge in [-0.1, -0.05) is 12.1 Å². The minimum absolute atomic E-state index is 0.221. The van der Waals surface area contributed by atoms with E-state index in [9.17, 15) is 4.79 Å². The van der Waals surface area contributed by atoms with Crippen molar-refractivity contribution in [3.63, 3.8) is 0 Å². The second kappa shape index (κ2) is 8.25. The number of piperazine rings is 1. The Bertz CT molecular complexity index is 582. The minimum Gasteiger partial charge on any atom is -0.378 e. The summed E-state index contributed by atoms with van der Waals surface area (Å²) in [5.41, 5.74) is 1.93. The highest BCUT2D eigenvalue weighted by atomic mass is 16.5. The molecule has 2 aliphatic rings. The van der Waals surface area contributed by atoms with Gasteiger partial charge in [-0.15, -0.1) is 0 Å². The maximum Gasteiger partial charge on any atom is 0.236 e. The largest absolute Gasteiger partial charge is 0.378 e. The van der Waals surface area contributed by atoms with Crippen molar-refractivity contribution < 1.29 is 9.53 Å². The smallest absolute Gasteiger partial charge is 0.236 e. The number of ether oxygens (including phenoxy) is 1. The number of morpholine rings is 1. The molecule has 0 atom stereocenters. The van der Waals surface area contributed by atoms with E-state index in [1.165, 1.54) is 5.56 Å². The molecule has 0 saturated carbocycles. The molecule has 6 nitrogen and oxygen atoms in total. The van der Waals surface area contributed by atoms with E-state index in [4.69, 9.17) is 10.00 Å². The van der Waals surface area contributed by atoms with Gasteiger partial charge in [0.15, 0.2) is 0 Å². The maximum atomic E-state index is 12.3. The predicted molar refractivity (Wildman–Crippen MR) is 90.3 cm³/mol. The highest BCUT2D eigenvalue weighted by Crippen LogP contribution is 2.10. The van der Waals surface area contributed by atoms with Gasteiger partial charge in [0.1, 0.15) is 0 Å². The quantitative estimate of drug-likeness (QED) is 0.807. The van der Waals surface area contributed by atoms with Crippen LogP contribution < -0.4 is 0 Å². The molecule has 128 valence electrons. The monoisotopic (exact) mass is 328 g/mol. The Hall–Kier alpha value is -1.94. The first-order valence-electron chi connectivity index (χ1n) is 8.54. The summed E-state index contributed by atoms with van der Waals surface area (Å²) in [6.45, 7) is 7.95. The zero-order valence-electron chi connectivity index (χ0n) is 14.0. The zero-order chi connectivity index (χ0) is 16.8. The summed E-state index contributed by atoms with van der Waals surface area (Å²) >= 11 is 0. The number of benzene rings is 1. The number of carbonyl (C=O) groups excluding carboxylic acids is 1. The lowest BCUT2D eigenvalue weighted by Crippen LogP contribution is -2.51. The fraction of sp³-hybridized carbons (Fsp3) is 0.556. The third-order valence-corrected chi connectivity index (χ3v) is 4.68. The average molecular weight is 328 g/mol. The molecule has 0 N–H and O–H groups in total. The van der Waals surface area contributed by atoms with Crippen LogP contribution in [0, 0.1) is 11.3 Å². The van der Waals surface area contributed by atoms with Crippen molar-refractivity contribution in [1.29, 1.82) is 5.26 Å². The third-order valence-electron chi connectivity index (χ3n) is 4.68. The molecular formula is C18H24N4O2. The number of nitriles is 1. The van der Waals surface area contributed by atoms with E-state index in [1.54, 1.807) is 0 Å². The van der Waals surface area contributed by atoms with E-state index in [0.29, 0.717) is 25.3 Å². The normalized spacial score (nSPS) is 19.9. The molecule has 6 heteroatoms. The van der Waals surface area contributed by atoms with Gasteiger partial charge in [-0.2, -0.15) is 5.26 Å². The summed E-state index contributed by atoms with van der Waals surface area (Å²) in [5, 5.41) is 8.84. The van der Waals surface area contributed by atoms with Crippen LogP contribution in [-0.4, -0.2) is 79.6 Å². The Morgan fingerprint density at radius 2 is 1.62 bits per heavy atom. The van der Waals surface area contributed by atoms with E-state index in [1.807, 2.05) is 29.2 Å². The molecule has 0 spiro atoms. The molecule has 1 aromatic carbocycles. The number of hydrogen-bond acceptors (Lipinski definition) is 5. The van der Waals surface area contributed by atoms with E-state index in [-0.39, 0.29) is 5.91 Å². The van der Waals surface area contributed by atoms with Crippen LogP contribution in [0.1, 0.15) is 11.1 Å². The van der Waals surface area contributed by atoms with Gasteiger partial charge in [-0.25, -0.2) is 0 Å². The van der Waals surface area contributed by atoms with Gasteiger partial charge < -0.3 is 9.64 Å². The second-order valence-electron chi connectivity index (χ2n) is 6.35. The van der Waals surface area contributed by atoms with Crippen molar-refractivity contribution >= 4 is 5.91 Å². The second-order valence-corrected chi connectivity index (χ2v) is 6.35. The number of amides is 1. The van der Waals surface area contributed by atoms with Crippen LogP contribution in [0.2, 0.25) is 0 Å². The van der Waals surface area contributed by atoms with Crippen molar-refractivity contribution in [2.45, 2.75) is 6.54 Å². The fourth-order valence-electron chi connectivity index (χ4n) is 3.15. The molecule has 3 rings (SSSR count). The summed E-state index contributed by atoms with van der Waals surface area (Å²) < 4.78 is 5.29. The lowest BCUT2D eigenvalue weighted by Gasteiger charge is -2.36. The van der Waals surface area contributed by atoms with Crippen LogP contribution >= 0.6 is 0 Å². The molecule has 0 aromatic heterocycles. The molecule has 0 aliphatic carbocycles. The Morgan fingerprint density at radius 1 is 1.00 bits per heavy atom. The van der Waals surface area contributed by atoms with Crippen LogP contribution in [0.5, 0.6) is 0 Å². The van der Waals surface area contributed by atoms with Crippen LogP contribution in [-0.2, 0) is 16.1 Å². The van der Waals surface area contributed by atoms with E-state index in [0.717, 1.165) is 45.8 Å². The highest BCUT2D eigenvalue weighted by molar-refractivity contribution is 5.78. The first kappa shape index (κ1) is 16.9. The van der Waals surface area contributed by atoms with Gasteiger partial charge in [0.05, 0.1) is 31.4 Å². The number of carbonyl (C=O) groups is 1. The van der Waals surface area contributed by atoms with Crippen molar-refractivity contribution in [2.24, 2.45) is 0 Å². The Kier molecular flexibility index (Phi) is 5.81. The van der Waals surface area contributed by atoms with Crippen molar-refractivity contribution in [1.82, 2.24) is 14.7 Å². The lowest BCUT2D eigenvalue weighted by molar-refractivity contribution is -0.136. The molecule has 2 heterocycles. The van der Waals surface area contributed by atoms with Gasteiger partial charge in [0.2, 0.25) is 5.91 Å². The third kappa shape index (κ3) is 4.54. The molecule has 2 saturated heterocycles. The van der Waals surface area contributed by atoms with E-state index < -0.39 is 0 Å². The summed E-state index contributed by atoms with van der Waals surface area (Å²) in [6, 6.07) is 9.92. The summed E-state index contributed by atoms with van der Waals surface area (Å²) in [6.07, 6.45) is 0. The van der Waals surface area contributed by atoms with Gasteiger partial charge >= 0.3 is 0 Å². The summed E-state index contributed by atoms with van der Waals surface area (Å²) in [4.78, 5) is 18.8. The van der Waals surface area contributed by atoms with E-state index >= 15 is 0 Å². The standard InChI is InChI=1S/C18H24N4O2/c19-13-16-1-3-17(4-2-16)14-20-5-7-21(8-6-20)15-18(23)22-9-11-24-12-10-22/h1-4H,5-12,14-15H2. The van der Waals surface area contributed by atoms with Crippen LogP contribution in [0.4, 0.5) is 0 Å². The molecule has 0 bridgehead atoms. The van der Waals surface area contributed by atoms with Crippen molar-refractivity contribution in [3.05, 3.63) is 35.4 Å². The SMILES string of the molecule is N#Cc1ccc(CN2CCN(CC(=O)N3CCOCC3)CC2)cc1. The van der Waals surface area contributed by atoms with Crippen LogP contribution in [0.25, 0.3) is 0 Å². The molecule has 1 amide bonds. The first-order valence-corrected chi connectivity index (χ1v) is 8.54. The van der Waals surface area contributed by atoms with Gasteiger partial charge in [-0.05, 0) is 17.7 Å². The first-order chi connectivity index (χ1) is 11.7. The summed E-state index contributed by atoms with van der Waals surface area (Å²) in [7, 11) is 0. The lowest BCUT2D eigenvalue weighted by atomic mass is 10.1. The molecule has 24 heavy (non-hydrogen) atoms. The molecule has 1 aromatic rings. The topological polar surface area (TPSA) is 59.8 Å². The number of hydrogen-bond donors (Lipinski definition) is 0. The molecular weight excluding hydrogens is 304 g/mol. The van der Waals surface area contributed by atoms with Crippen molar-refractivity contribution in [2.75, 3.05) is 59.0 Å². The molecule has 2 fully saturated rings. The number of rotatable bonds is 4.